The molecule has 0 saturated carbocycles. The van der Waals surface area contributed by atoms with Gasteiger partial charge in [-0.15, -0.1) is 12.4 Å². The molecular formula is C21H32ClN3O3. The highest BCUT2D eigenvalue weighted by Crippen LogP contribution is 2.19. The molecule has 2 heterocycles. The molecular weight excluding hydrogens is 378 g/mol. The second-order valence-electron chi connectivity index (χ2n) is 7.59. The number of nitrogens with zero attached hydrogens (tertiary/aromatic N) is 1. The average molecular weight is 410 g/mol. The standard InChI is InChI=1S/C21H31N3O3.ClH/c1-16-19(10-5-12-22-16)23-21(26)17-7-6-13-24(15-17)20(25)11-14-27-18-8-3-2-4-9-18;/h2-4,8-9,16-17,19,22H,5-7,10-15H2,1H3,(H,23,26);1H. The van der Waals surface area contributed by atoms with Crippen molar-refractivity contribution >= 4 is 24.2 Å². The van der Waals surface area contributed by atoms with Crippen LogP contribution in [-0.2, 0) is 9.59 Å². The minimum Gasteiger partial charge on any atom is -0.493 e. The molecule has 0 bridgehead atoms. The molecule has 1 aromatic carbocycles. The van der Waals surface area contributed by atoms with Crippen LogP contribution in [0.15, 0.2) is 30.3 Å². The van der Waals surface area contributed by atoms with Crippen LogP contribution in [0.5, 0.6) is 5.75 Å². The van der Waals surface area contributed by atoms with E-state index in [0.29, 0.717) is 25.6 Å². The van der Waals surface area contributed by atoms with Gasteiger partial charge in [0.1, 0.15) is 5.75 Å². The number of piperidine rings is 2. The Morgan fingerprint density at radius 2 is 2.00 bits per heavy atom. The molecule has 0 spiro atoms. The quantitative estimate of drug-likeness (QED) is 0.756. The lowest BCUT2D eigenvalue weighted by Crippen LogP contribution is -2.54. The van der Waals surface area contributed by atoms with E-state index in [0.717, 1.165) is 44.5 Å². The third-order valence-electron chi connectivity index (χ3n) is 5.56. The van der Waals surface area contributed by atoms with Crippen molar-refractivity contribution in [2.24, 2.45) is 5.92 Å². The summed E-state index contributed by atoms with van der Waals surface area (Å²) in [7, 11) is 0. The van der Waals surface area contributed by atoms with Gasteiger partial charge in [-0.05, 0) is 51.3 Å². The number of para-hydroxylation sites is 1. The summed E-state index contributed by atoms with van der Waals surface area (Å²) in [6.07, 6.45) is 4.18. The lowest BCUT2D eigenvalue weighted by Gasteiger charge is -2.35. The van der Waals surface area contributed by atoms with Crippen LogP contribution in [0.3, 0.4) is 0 Å². The molecule has 1 aromatic rings. The smallest absolute Gasteiger partial charge is 0.226 e. The zero-order valence-corrected chi connectivity index (χ0v) is 17.4. The number of hydrogen-bond donors (Lipinski definition) is 2. The van der Waals surface area contributed by atoms with Gasteiger partial charge in [-0.3, -0.25) is 9.59 Å². The van der Waals surface area contributed by atoms with Crippen molar-refractivity contribution in [3.63, 3.8) is 0 Å². The molecule has 156 valence electrons. The summed E-state index contributed by atoms with van der Waals surface area (Å²) in [5.74, 6) is 0.827. The van der Waals surface area contributed by atoms with Gasteiger partial charge >= 0.3 is 0 Å². The van der Waals surface area contributed by atoms with E-state index in [2.05, 4.69) is 17.6 Å². The van der Waals surface area contributed by atoms with E-state index in [-0.39, 0.29) is 36.2 Å². The molecule has 28 heavy (non-hydrogen) atoms. The number of likely N-dealkylation sites (tertiary alicyclic amines) is 1. The Morgan fingerprint density at radius 3 is 2.75 bits per heavy atom. The van der Waals surface area contributed by atoms with E-state index >= 15 is 0 Å². The van der Waals surface area contributed by atoms with Gasteiger partial charge in [0, 0.05) is 25.2 Å². The summed E-state index contributed by atoms with van der Waals surface area (Å²) >= 11 is 0. The van der Waals surface area contributed by atoms with Crippen molar-refractivity contribution in [3.8, 4) is 5.75 Å². The van der Waals surface area contributed by atoms with Crippen molar-refractivity contribution in [1.29, 1.82) is 0 Å². The van der Waals surface area contributed by atoms with E-state index in [9.17, 15) is 9.59 Å². The van der Waals surface area contributed by atoms with E-state index < -0.39 is 0 Å². The molecule has 2 N–H and O–H groups in total. The number of rotatable bonds is 6. The third kappa shape index (κ3) is 6.38. The van der Waals surface area contributed by atoms with E-state index in [1.807, 2.05) is 35.2 Å². The molecule has 3 unspecified atom stereocenters. The number of benzene rings is 1. The van der Waals surface area contributed by atoms with Crippen LogP contribution in [0, 0.1) is 5.92 Å². The highest BCUT2D eigenvalue weighted by atomic mass is 35.5. The van der Waals surface area contributed by atoms with Crippen LogP contribution in [0.4, 0.5) is 0 Å². The largest absolute Gasteiger partial charge is 0.493 e. The highest BCUT2D eigenvalue weighted by molar-refractivity contribution is 5.85. The second kappa shape index (κ2) is 11.3. The maximum absolute atomic E-state index is 12.7. The maximum Gasteiger partial charge on any atom is 0.226 e. The van der Waals surface area contributed by atoms with Crippen molar-refractivity contribution in [1.82, 2.24) is 15.5 Å². The predicted octanol–water partition coefficient (Wildman–Crippen LogP) is 2.37. The van der Waals surface area contributed by atoms with Gasteiger partial charge in [0.25, 0.3) is 0 Å². The van der Waals surface area contributed by atoms with Gasteiger partial charge in [0.15, 0.2) is 0 Å². The second-order valence-corrected chi connectivity index (χ2v) is 7.59. The predicted molar refractivity (Wildman–Crippen MR) is 112 cm³/mol. The van der Waals surface area contributed by atoms with Gasteiger partial charge in [0.2, 0.25) is 11.8 Å². The molecule has 2 fully saturated rings. The van der Waals surface area contributed by atoms with E-state index in [1.54, 1.807) is 0 Å². The van der Waals surface area contributed by atoms with Crippen LogP contribution in [0.25, 0.3) is 0 Å². The number of amides is 2. The maximum atomic E-state index is 12.7. The van der Waals surface area contributed by atoms with Gasteiger partial charge in [-0.2, -0.15) is 0 Å². The number of ether oxygens (including phenoxy) is 1. The minimum atomic E-state index is -0.105. The molecule has 3 rings (SSSR count). The average Bonchev–Trinajstić information content (AvgIpc) is 2.70. The molecule has 3 atom stereocenters. The number of nitrogens with one attached hydrogen (secondary N) is 2. The van der Waals surface area contributed by atoms with Gasteiger partial charge < -0.3 is 20.3 Å². The van der Waals surface area contributed by atoms with Crippen molar-refractivity contribution in [3.05, 3.63) is 30.3 Å². The number of hydrogen-bond acceptors (Lipinski definition) is 4. The molecule has 0 radical (unpaired) electrons. The van der Waals surface area contributed by atoms with Gasteiger partial charge in [-0.25, -0.2) is 0 Å². The summed E-state index contributed by atoms with van der Waals surface area (Å²) in [4.78, 5) is 27.0. The lowest BCUT2D eigenvalue weighted by molar-refractivity contribution is -0.136. The Kier molecular flexibility index (Phi) is 9.06. The van der Waals surface area contributed by atoms with Crippen molar-refractivity contribution < 1.29 is 14.3 Å². The summed E-state index contributed by atoms with van der Waals surface area (Å²) in [5, 5.41) is 6.61. The first-order valence-electron chi connectivity index (χ1n) is 10.1. The zero-order chi connectivity index (χ0) is 19.1. The fraction of sp³-hybridized carbons (Fsp3) is 0.619. The first kappa shape index (κ1) is 22.5. The normalized spacial score (nSPS) is 24.8. The highest BCUT2D eigenvalue weighted by Gasteiger charge is 2.31. The van der Waals surface area contributed by atoms with E-state index in [1.165, 1.54) is 0 Å². The Hall–Kier alpha value is -1.79. The van der Waals surface area contributed by atoms with Crippen LogP contribution < -0.4 is 15.4 Å². The van der Waals surface area contributed by atoms with Crippen molar-refractivity contribution in [2.45, 2.75) is 51.1 Å². The molecule has 2 amide bonds. The Balaban J connectivity index is 0.00000280. The summed E-state index contributed by atoms with van der Waals surface area (Å²) in [6.45, 7) is 4.75. The Labute approximate surface area is 173 Å². The fourth-order valence-electron chi connectivity index (χ4n) is 3.89. The summed E-state index contributed by atoms with van der Waals surface area (Å²) < 4.78 is 5.62. The van der Waals surface area contributed by atoms with Gasteiger partial charge in [0.05, 0.1) is 18.9 Å². The monoisotopic (exact) mass is 409 g/mol. The topological polar surface area (TPSA) is 70.7 Å². The van der Waals surface area contributed by atoms with Crippen LogP contribution in [0.2, 0.25) is 0 Å². The molecule has 2 saturated heterocycles. The number of halogens is 1. The van der Waals surface area contributed by atoms with Crippen molar-refractivity contribution in [2.75, 3.05) is 26.2 Å². The summed E-state index contributed by atoms with van der Waals surface area (Å²) in [6, 6.07) is 10.0. The molecule has 0 aromatic heterocycles. The molecule has 0 aliphatic carbocycles. The fourth-order valence-corrected chi connectivity index (χ4v) is 3.89. The van der Waals surface area contributed by atoms with E-state index in [4.69, 9.17) is 4.74 Å². The Bertz CT molecular complexity index is 629. The minimum absolute atomic E-state index is 0. The van der Waals surface area contributed by atoms with Crippen LogP contribution in [-0.4, -0.2) is 55.0 Å². The number of carbonyl (C=O) groups excluding carboxylic acids is 2. The lowest BCUT2D eigenvalue weighted by atomic mass is 9.94. The number of carbonyl (C=O) groups is 2. The van der Waals surface area contributed by atoms with Crippen LogP contribution >= 0.6 is 12.4 Å². The SMILES string of the molecule is CC1NCCCC1NC(=O)C1CCCN(C(=O)CCOc2ccccc2)C1.Cl. The van der Waals surface area contributed by atoms with Crippen LogP contribution in [0.1, 0.15) is 39.0 Å². The molecule has 7 heteroatoms. The third-order valence-corrected chi connectivity index (χ3v) is 5.56. The molecule has 2 aliphatic heterocycles. The van der Waals surface area contributed by atoms with Gasteiger partial charge in [-0.1, -0.05) is 18.2 Å². The Morgan fingerprint density at radius 1 is 1.21 bits per heavy atom. The zero-order valence-electron chi connectivity index (χ0n) is 16.6. The molecule has 2 aliphatic rings. The first-order chi connectivity index (χ1) is 13.1. The molecule has 6 nitrogen and oxygen atoms in total. The summed E-state index contributed by atoms with van der Waals surface area (Å²) in [5.41, 5.74) is 0. The first-order valence-corrected chi connectivity index (χ1v) is 10.1.